The lowest BCUT2D eigenvalue weighted by molar-refractivity contribution is -0.142. The van der Waals surface area contributed by atoms with Crippen LogP contribution in [-0.4, -0.2) is 83.0 Å². The van der Waals surface area contributed by atoms with Crippen LogP contribution in [0.25, 0.3) is 0 Å². The first kappa shape index (κ1) is 28.8. The zero-order valence-corrected chi connectivity index (χ0v) is 18.9. The van der Waals surface area contributed by atoms with Gasteiger partial charge in [0.2, 0.25) is 23.6 Å². The van der Waals surface area contributed by atoms with Gasteiger partial charge in [-0.3, -0.25) is 24.0 Å². The molecule has 34 heavy (non-hydrogen) atoms. The van der Waals surface area contributed by atoms with Crippen LogP contribution in [0.1, 0.15) is 51.4 Å². The lowest BCUT2D eigenvalue weighted by Gasteiger charge is -2.24. The van der Waals surface area contributed by atoms with E-state index in [0.29, 0.717) is 32.4 Å². The largest absolute Gasteiger partial charge is 0.481 e. The topological polar surface area (TPSA) is 243 Å². The maximum atomic E-state index is 12.8. The molecule has 1 aliphatic rings. The number of nitrogens with one attached hydrogen (secondary N) is 4. The van der Waals surface area contributed by atoms with E-state index >= 15 is 0 Å². The smallest absolute Gasteiger partial charge is 0.326 e. The minimum Gasteiger partial charge on any atom is -0.481 e. The van der Waals surface area contributed by atoms with Crippen LogP contribution in [0.2, 0.25) is 0 Å². The predicted octanol–water partition coefficient (Wildman–Crippen LogP) is -2.85. The van der Waals surface area contributed by atoms with E-state index in [-0.39, 0.29) is 12.8 Å². The molecule has 1 heterocycles. The number of nitrogens with two attached hydrogens (primary N) is 2. The zero-order chi connectivity index (χ0) is 25.7. The Morgan fingerprint density at radius 1 is 0.912 bits per heavy atom. The Labute approximate surface area is 196 Å². The third-order valence-corrected chi connectivity index (χ3v) is 5.26. The molecule has 4 unspecified atom stereocenters. The normalized spacial score (nSPS) is 17.7. The highest BCUT2D eigenvalue weighted by molar-refractivity contribution is 5.96. The molecule has 0 spiro atoms. The molecule has 1 fully saturated rings. The summed E-state index contributed by atoms with van der Waals surface area (Å²) in [6.07, 6.45) is 1.04. The molecule has 192 valence electrons. The summed E-state index contributed by atoms with van der Waals surface area (Å²) in [6, 6.07) is -4.62. The summed E-state index contributed by atoms with van der Waals surface area (Å²) in [5.41, 5.74) is 10.6. The molecular formula is C20H34N6O8. The number of carboxylic acid groups (broad SMARTS) is 2. The number of primary amides is 1. The summed E-state index contributed by atoms with van der Waals surface area (Å²) < 4.78 is 0. The van der Waals surface area contributed by atoms with Crippen molar-refractivity contribution in [3.8, 4) is 0 Å². The number of carbonyl (C=O) groups excluding carboxylic acids is 4. The van der Waals surface area contributed by atoms with E-state index in [0.717, 1.165) is 6.42 Å². The van der Waals surface area contributed by atoms with Gasteiger partial charge in [-0.05, 0) is 51.6 Å². The van der Waals surface area contributed by atoms with Gasteiger partial charge >= 0.3 is 11.9 Å². The monoisotopic (exact) mass is 486 g/mol. The maximum Gasteiger partial charge on any atom is 0.326 e. The van der Waals surface area contributed by atoms with Crippen molar-refractivity contribution in [3.05, 3.63) is 0 Å². The Morgan fingerprint density at radius 3 is 2.09 bits per heavy atom. The minimum absolute atomic E-state index is 0.0845. The van der Waals surface area contributed by atoms with Gasteiger partial charge in [0.1, 0.15) is 18.1 Å². The van der Waals surface area contributed by atoms with Gasteiger partial charge in [0.05, 0.1) is 12.5 Å². The van der Waals surface area contributed by atoms with Gasteiger partial charge in [0.25, 0.3) is 0 Å². The second-order valence-corrected chi connectivity index (χ2v) is 8.06. The van der Waals surface area contributed by atoms with Crippen LogP contribution in [0.5, 0.6) is 0 Å². The molecule has 4 amide bonds. The molecular weight excluding hydrogens is 452 g/mol. The van der Waals surface area contributed by atoms with E-state index in [4.69, 9.17) is 16.6 Å². The molecule has 0 aromatic carbocycles. The van der Waals surface area contributed by atoms with Crippen LogP contribution >= 0.6 is 0 Å². The molecule has 14 nitrogen and oxygen atoms in total. The van der Waals surface area contributed by atoms with Crippen molar-refractivity contribution in [2.75, 3.05) is 13.1 Å². The Hall–Kier alpha value is -3.26. The van der Waals surface area contributed by atoms with Crippen molar-refractivity contribution in [1.29, 1.82) is 0 Å². The third kappa shape index (κ3) is 10.6. The molecule has 0 bridgehead atoms. The summed E-state index contributed by atoms with van der Waals surface area (Å²) in [4.78, 5) is 71.8. The van der Waals surface area contributed by atoms with Crippen LogP contribution in [0.4, 0.5) is 0 Å². The molecule has 1 rings (SSSR count). The van der Waals surface area contributed by atoms with Gasteiger partial charge < -0.3 is 42.9 Å². The van der Waals surface area contributed by atoms with E-state index in [2.05, 4.69) is 21.3 Å². The molecule has 1 aliphatic heterocycles. The molecule has 0 aliphatic carbocycles. The van der Waals surface area contributed by atoms with E-state index in [1.165, 1.54) is 0 Å². The SMILES string of the molecule is NCCCCC(NC(=O)C(CC(N)=O)NC(=O)C(CCC(=O)O)NC(=O)C1CCCN1)C(=O)O. The summed E-state index contributed by atoms with van der Waals surface area (Å²) in [5, 5.41) is 28.3. The van der Waals surface area contributed by atoms with Gasteiger partial charge in [-0.25, -0.2) is 4.79 Å². The molecule has 0 radical (unpaired) electrons. The molecule has 0 aromatic rings. The fourth-order valence-corrected chi connectivity index (χ4v) is 3.42. The summed E-state index contributed by atoms with van der Waals surface area (Å²) in [5.74, 6) is -5.77. The first-order valence-corrected chi connectivity index (χ1v) is 11.1. The Kier molecular flexibility index (Phi) is 12.5. The molecule has 0 aromatic heterocycles. The molecule has 10 N–H and O–H groups in total. The van der Waals surface area contributed by atoms with Crippen LogP contribution in [0, 0.1) is 0 Å². The van der Waals surface area contributed by atoms with Crippen molar-refractivity contribution < 1.29 is 39.0 Å². The van der Waals surface area contributed by atoms with Crippen molar-refractivity contribution in [2.45, 2.75) is 75.5 Å². The standard InChI is InChI=1S/C20H34N6O8/c21-8-2-1-4-13(20(33)34)25-19(32)14(10-15(22)27)26-18(31)12(6-7-16(28)29)24-17(30)11-5-3-9-23-11/h11-14,23H,1-10,21H2,(H2,22,27)(H,24,30)(H,25,32)(H,26,31)(H,28,29)(H,33,34). The first-order valence-electron chi connectivity index (χ1n) is 11.1. The van der Waals surface area contributed by atoms with Gasteiger partial charge in [-0.2, -0.15) is 0 Å². The van der Waals surface area contributed by atoms with E-state index in [1.54, 1.807) is 0 Å². The first-order chi connectivity index (χ1) is 16.0. The number of hydrogen-bond acceptors (Lipinski definition) is 8. The average Bonchev–Trinajstić information content (AvgIpc) is 3.29. The fraction of sp³-hybridized carbons (Fsp3) is 0.700. The highest BCUT2D eigenvalue weighted by Gasteiger charge is 2.32. The van der Waals surface area contributed by atoms with Gasteiger partial charge in [-0.1, -0.05) is 0 Å². The fourth-order valence-electron chi connectivity index (χ4n) is 3.42. The van der Waals surface area contributed by atoms with Crippen molar-refractivity contribution in [3.63, 3.8) is 0 Å². The maximum absolute atomic E-state index is 12.8. The number of hydrogen-bond donors (Lipinski definition) is 8. The average molecular weight is 487 g/mol. The minimum atomic E-state index is -1.52. The lowest BCUT2D eigenvalue weighted by atomic mass is 10.1. The number of carbonyl (C=O) groups is 6. The molecule has 1 saturated heterocycles. The molecule has 4 atom stereocenters. The van der Waals surface area contributed by atoms with Crippen molar-refractivity contribution in [2.24, 2.45) is 11.5 Å². The Morgan fingerprint density at radius 2 is 1.56 bits per heavy atom. The summed E-state index contributed by atoms with van der Waals surface area (Å²) in [7, 11) is 0. The van der Waals surface area contributed by atoms with E-state index < -0.39 is 72.6 Å². The Balaban J connectivity index is 2.91. The number of amides is 4. The van der Waals surface area contributed by atoms with Crippen molar-refractivity contribution in [1.82, 2.24) is 21.3 Å². The van der Waals surface area contributed by atoms with E-state index in [9.17, 15) is 33.9 Å². The second kappa shape index (κ2) is 14.8. The zero-order valence-electron chi connectivity index (χ0n) is 18.9. The third-order valence-electron chi connectivity index (χ3n) is 5.26. The number of carboxylic acids is 2. The van der Waals surface area contributed by atoms with Crippen LogP contribution in [-0.2, 0) is 28.8 Å². The Bertz CT molecular complexity index is 755. The highest BCUT2D eigenvalue weighted by atomic mass is 16.4. The predicted molar refractivity (Wildman–Crippen MR) is 118 cm³/mol. The van der Waals surface area contributed by atoms with Crippen LogP contribution in [0.15, 0.2) is 0 Å². The quantitative estimate of drug-likeness (QED) is 0.104. The van der Waals surface area contributed by atoms with Crippen LogP contribution in [0.3, 0.4) is 0 Å². The van der Waals surface area contributed by atoms with Gasteiger partial charge in [0, 0.05) is 6.42 Å². The second-order valence-electron chi connectivity index (χ2n) is 8.06. The van der Waals surface area contributed by atoms with E-state index in [1.807, 2.05) is 0 Å². The number of rotatable bonds is 16. The lowest BCUT2D eigenvalue weighted by Crippen LogP contribution is -2.57. The van der Waals surface area contributed by atoms with Crippen molar-refractivity contribution >= 4 is 35.6 Å². The summed E-state index contributed by atoms with van der Waals surface area (Å²) in [6.45, 7) is 0.974. The van der Waals surface area contributed by atoms with Gasteiger partial charge in [-0.15, -0.1) is 0 Å². The highest BCUT2D eigenvalue weighted by Crippen LogP contribution is 2.08. The number of unbranched alkanes of at least 4 members (excludes halogenated alkanes) is 1. The summed E-state index contributed by atoms with van der Waals surface area (Å²) >= 11 is 0. The molecule has 0 saturated carbocycles. The molecule has 14 heteroatoms. The van der Waals surface area contributed by atoms with Crippen LogP contribution < -0.4 is 32.7 Å². The number of aliphatic carboxylic acids is 2. The van der Waals surface area contributed by atoms with Gasteiger partial charge in [0.15, 0.2) is 0 Å².